The van der Waals surface area contributed by atoms with E-state index in [0.717, 1.165) is 5.56 Å². The minimum absolute atomic E-state index is 0. The fourth-order valence-electron chi connectivity index (χ4n) is 2.06. The molecule has 4 nitrogen and oxygen atoms in total. The standard InChI is InChI=1S/C12H17ClN2O2S.ClH/c1-9-2-3-11(13)12(8-9)18(16,17)15-6-4-10(14)5-7-15;/h2-3,8,10H,4-7,14H2,1H3;1H. The number of halogens is 2. The van der Waals surface area contributed by atoms with Gasteiger partial charge in [0.1, 0.15) is 4.90 Å². The van der Waals surface area contributed by atoms with Gasteiger partial charge in [0.25, 0.3) is 0 Å². The lowest BCUT2D eigenvalue weighted by atomic mass is 10.1. The molecule has 1 fully saturated rings. The van der Waals surface area contributed by atoms with Gasteiger partial charge in [0.15, 0.2) is 0 Å². The third-order valence-electron chi connectivity index (χ3n) is 3.20. The van der Waals surface area contributed by atoms with E-state index >= 15 is 0 Å². The average Bonchev–Trinajstić information content (AvgIpc) is 2.32. The van der Waals surface area contributed by atoms with Crippen LogP contribution in [-0.4, -0.2) is 31.9 Å². The first-order valence-electron chi connectivity index (χ1n) is 5.93. The molecule has 7 heteroatoms. The number of hydrogen-bond donors (Lipinski definition) is 1. The van der Waals surface area contributed by atoms with Crippen molar-refractivity contribution in [3.63, 3.8) is 0 Å². The van der Waals surface area contributed by atoms with Crippen molar-refractivity contribution in [2.75, 3.05) is 13.1 Å². The van der Waals surface area contributed by atoms with Crippen LogP contribution in [0.3, 0.4) is 0 Å². The van der Waals surface area contributed by atoms with E-state index in [1.54, 1.807) is 18.2 Å². The lowest BCUT2D eigenvalue weighted by Gasteiger charge is -2.29. The van der Waals surface area contributed by atoms with Gasteiger partial charge < -0.3 is 5.73 Å². The maximum Gasteiger partial charge on any atom is 0.244 e. The molecule has 1 saturated heterocycles. The van der Waals surface area contributed by atoms with Crippen LogP contribution in [0.2, 0.25) is 5.02 Å². The van der Waals surface area contributed by atoms with E-state index in [-0.39, 0.29) is 28.4 Å². The highest BCUT2D eigenvalue weighted by molar-refractivity contribution is 7.89. The molecule has 0 amide bonds. The number of nitrogens with zero attached hydrogens (tertiary/aromatic N) is 1. The van der Waals surface area contributed by atoms with Gasteiger partial charge in [-0.2, -0.15) is 4.31 Å². The van der Waals surface area contributed by atoms with Crippen LogP contribution in [0.4, 0.5) is 0 Å². The number of benzene rings is 1. The molecule has 2 N–H and O–H groups in total. The van der Waals surface area contributed by atoms with Gasteiger partial charge in [-0.3, -0.25) is 0 Å². The molecule has 2 rings (SSSR count). The van der Waals surface area contributed by atoms with Crippen LogP contribution < -0.4 is 5.73 Å². The maximum absolute atomic E-state index is 12.5. The van der Waals surface area contributed by atoms with Crippen molar-refractivity contribution < 1.29 is 8.42 Å². The summed E-state index contributed by atoms with van der Waals surface area (Å²) in [5.41, 5.74) is 6.67. The Morgan fingerprint density at radius 2 is 1.89 bits per heavy atom. The van der Waals surface area contributed by atoms with Crippen LogP contribution >= 0.6 is 24.0 Å². The number of hydrogen-bond acceptors (Lipinski definition) is 3. The molecule has 0 spiro atoms. The molecule has 108 valence electrons. The SMILES string of the molecule is Cc1ccc(Cl)c(S(=O)(=O)N2CCC(N)CC2)c1.Cl. The van der Waals surface area contributed by atoms with Crippen molar-refractivity contribution in [3.05, 3.63) is 28.8 Å². The van der Waals surface area contributed by atoms with Crippen molar-refractivity contribution in [2.24, 2.45) is 5.73 Å². The van der Waals surface area contributed by atoms with Gasteiger partial charge in [0, 0.05) is 19.1 Å². The lowest BCUT2D eigenvalue weighted by molar-refractivity contribution is 0.320. The zero-order chi connectivity index (χ0) is 13.3. The monoisotopic (exact) mass is 324 g/mol. The maximum atomic E-state index is 12.5. The molecular weight excluding hydrogens is 307 g/mol. The molecule has 1 aromatic carbocycles. The van der Waals surface area contributed by atoms with Crippen LogP contribution in [-0.2, 0) is 10.0 Å². The van der Waals surface area contributed by atoms with Gasteiger partial charge in [-0.15, -0.1) is 12.4 Å². The van der Waals surface area contributed by atoms with Gasteiger partial charge in [-0.05, 0) is 37.5 Å². The van der Waals surface area contributed by atoms with E-state index in [4.69, 9.17) is 17.3 Å². The van der Waals surface area contributed by atoms with Gasteiger partial charge in [-0.1, -0.05) is 17.7 Å². The molecule has 0 atom stereocenters. The normalized spacial score (nSPS) is 18.1. The Balaban J connectivity index is 0.00000180. The molecule has 19 heavy (non-hydrogen) atoms. The zero-order valence-corrected chi connectivity index (χ0v) is 13.1. The molecule has 1 aliphatic rings. The number of nitrogens with two attached hydrogens (primary N) is 1. The molecule has 1 aliphatic heterocycles. The second kappa shape index (κ2) is 6.41. The van der Waals surface area contributed by atoms with Crippen molar-refractivity contribution in [3.8, 4) is 0 Å². The molecule has 1 aromatic rings. The zero-order valence-electron chi connectivity index (χ0n) is 10.7. The summed E-state index contributed by atoms with van der Waals surface area (Å²) in [6.45, 7) is 2.78. The van der Waals surface area contributed by atoms with Crippen LogP contribution in [0.1, 0.15) is 18.4 Å². The summed E-state index contributed by atoms with van der Waals surface area (Å²) < 4.78 is 26.4. The average molecular weight is 325 g/mol. The highest BCUT2D eigenvalue weighted by Crippen LogP contribution is 2.27. The highest BCUT2D eigenvalue weighted by atomic mass is 35.5. The minimum atomic E-state index is -3.49. The Labute approximate surface area is 125 Å². The second-order valence-corrected chi connectivity index (χ2v) is 6.99. The molecule has 0 bridgehead atoms. The first-order chi connectivity index (χ1) is 8.41. The van der Waals surface area contributed by atoms with Crippen LogP contribution in [0.25, 0.3) is 0 Å². The topological polar surface area (TPSA) is 63.4 Å². The Morgan fingerprint density at radius 3 is 2.47 bits per heavy atom. The van der Waals surface area contributed by atoms with Crippen molar-refractivity contribution in [1.29, 1.82) is 0 Å². The third kappa shape index (κ3) is 3.61. The highest BCUT2D eigenvalue weighted by Gasteiger charge is 2.29. The Kier molecular flexibility index (Phi) is 5.65. The Hall–Kier alpha value is -0.330. The summed E-state index contributed by atoms with van der Waals surface area (Å²) in [6.07, 6.45) is 1.39. The van der Waals surface area contributed by atoms with Gasteiger partial charge >= 0.3 is 0 Å². The molecular formula is C12H18Cl2N2O2S. The molecule has 1 heterocycles. The minimum Gasteiger partial charge on any atom is -0.328 e. The van der Waals surface area contributed by atoms with Crippen LogP contribution in [0.5, 0.6) is 0 Å². The molecule has 0 radical (unpaired) electrons. The van der Waals surface area contributed by atoms with Crippen molar-refractivity contribution in [2.45, 2.75) is 30.7 Å². The predicted molar refractivity (Wildman–Crippen MR) is 79.4 cm³/mol. The van der Waals surface area contributed by atoms with E-state index in [2.05, 4.69) is 0 Å². The van der Waals surface area contributed by atoms with E-state index in [1.807, 2.05) is 6.92 Å². The van der Waals surface area contributed by atoms with E-state index in [1.165, 1.54) is 4.31 Å². The molecule has 0 saturated carbocycles. The van der Waals surface area contributed by atoms with E-state index < -0.39 is 10.0 Å². The summed E-state index contributed by atoms with van der Waals surface area (Å²) >= 11 is 6.00. The lowest BCUT2D eigenvalue weighted by Crippen LogP contribution is -2.42. The van der Waals surface area contributed by atoms with E-state index in [0.29, 0.717) is 25.9 Å². The largest absolute Gasteiger partial charge is 0.328 e. The Morgan fingerprint density at radius 1 is 1.32 bits per heavy atom. The van der Waals surface area contributed by atoms with Gasteiger partial charge in [0.2, 0.25) is 10.0 Å². The van der Waals surface area contributed by atoms with Crippen LogP contribution in [0.15, 0.2) is 23.1 Å². The molecule has 0 aromatic heterocycles. The fourth-order valence-corrected chi connectivity index (χ4v) is 4.09. The summed E-state index contributed by atoms with van der Waals surface area (Å²) in [5.74, 6) is 0. The van der Waals surface area contributed by atoms with E-state index in [9.17, 15) is 8.42 Å². The predicted octanol–water partition coefficient (Wildman–Crippen LogP) is 2.18. The number of sulfonamides is 1. The third-order valence-corrected chi connectivity index (χ3v) is 5.58. The number of aryl methyl sites for hydroxylation is 1. The summed E-state index contributed by atoms with van der Waals surface area (Å²) in [4.78, 5) is 0.194. The van der Waals surface area contributed by atoms with Gasteiger partial charge in [0.05, 0.1) is 5.02 Å². The molecule has 0 aliphatic carbocycles. The second-order valence-electron chi connectivity index (χ2n) is 4.68. The Bertz CT molecular complexity index is 541. The number of rotatable bonds is 2. The first kappa shape index (κ1) is 16.7. The smallest absolute Gasteiger partial charge is 0.244 e. The van der Waals surface area contributed by atoms with Crippen LogP contribution in [0, 0.1) is 6.92 Å². The summed E-state index contributed by atoms with van der Waals surface area (Å²) in [7, 11) is -3.49. The fraction of sp³-hybridized carbons (Fsp3) is 0.500. The quantitative estimate of drug-likeness (QED) is 0.906. The van der Waals surface area contributed by atoms with Crippen molar-refractivity contribution in [1.82, 2.24) is 4.31 Å². The summed E-state index contributed by atoms with van der Waals surface area (Å²) in [5, 5.41) is 0.274. The number of piperidine rings is 1. The summed E-state index contributed by atoms with van der Waals surface area (Å²) in [6, 6.07) is 5.14. The van der Waals surface area contributed by atoms with Gasteiger partial charge in [-0.25, -0.2) is 8.42 Å². The van der Waals surface area contributed by atoms with Crippen molar-refractivity contribution >= 4 is 34.0 Å². The molecule has 0 unspecified atom stereocenters. The first-order valence-corrected chi connectivity index (χ1v) is 7.75.